The number of hydrogen-bond acceptors (Lipinski definition) is 3. The zero-order valence-electron chi connectivity index (χ0n) is 13.8. The number of nitrogens with one attached hydrogen (secondary N) is 1. The number of benzene rings is 1. The van der Waals surface area contributed by atoms with Crippen LogP contribution in [0.4, 0.5) is 0 Å². The summed E-state index contributed by atoms with van der Waals surface area (Å²) in [6.07, 6.45) is 2.78. The molecule has 1 unspecified atom stereocenters. The van der Waals surface area contributed by atoms with Gasteiger partial charge < -0.3 is 10.2 Å². The molecule has 1 aromatic heterocycles. The maximum atomic E-state index is 12.7. The van der Waals surface area contributed by atoms with Gasteiger partial charge in [0.05, 0.1) is 17.6 Å². The van der Waals surface area contributed by atoms with Gasteiger partial charge in [0.1, 0.15) is 0 Å². The van der Waals surface area contributed by atoms with Crippen LogP contribution in [0.15, 0.2) is 36.5 Å². The van der Waals surface area contributed by atoms with E-state index in [1.807, 2.05) is 34.0 Å². The molecule has 6 heteroatoms. The van der Waals surface area contributed by atoms with Crippen molar-refractivity contribution in [3.05, 3.63) is 47.8 Å². The first-order valence-corrected chi connectivity index (χ1v) is 8.35. The predicted octanol–water partition coefficient (Wildman–Crippen LogP) is 2.03. The summed E-state index contributed by atoms with van der Waals surface area (Å²) in [7, 11) is 0. The van der Waals surface area contributed by atoms with Gasteiger partial charge in [-0.3, -0.25) is 4.79 Å². The molecular formula is C18H23ClN4O. The highest BCUT2D eigenvalue weighted by Gasteiger charge is 2.33. The average Bonchev–Trinajstić information content (AvgIpc) is 2.96. The van der Waals surface area contributed by atoms with Gasteiger partial charge in [0, 0.05) is 31.0 Å². The van der Waals surface area contributed by atoms with Gasteiger partial charge in [-0.15, -0.1) is 12.4 Å². The molecular weight excluding hydrogens is 324 g/mol. The minimum atomic E-state index is 0. The molecule has 1 atom stereocenters. The predicted molar refractivity (Wildman–Crippen MR) is 95.5 cm³/mol. The van der Waals surface area contributed by atoms with Crippen molar-refractivity contribution >= 4 is 18.3 Å². The Kier molecular flexibility index (Phi) is 4.92. The van der Waals surface area contributed by atoms with Crippen molar-refractivity contribution in [3.63, 3.8) is 0 Å². The van der Waals surface area contributed by atoms with Gasteiger partial charge in [-0.05, 0) is 31.1 Å². The summed E-state index contributed by atoms with van der Waals surface area (Å²) < 4.78 is 2.01. The van der Waals surface area contributed by atoms with E-state index in [4.69, 9.17) is 0 Å². The fourth-order valence-corrected chi connectivity index (χ4v) is 3.47. The SMILES string of the molecule is CC(C(=O)N1CCc2c(cnn2-c2ccccc2)C1)C1CNC1.Cl. The maximum absolute atomic E-state index is 12.7. The second-order valence-electron chi connectivity index (χ2n) is 6.58. The van der Waals surface area contributed by atoms with Crippen molar-refractivity contribution in [1.29, 1.82) is 0 Å². The number of carbonyl (C=O) groups excluding carboxylic acids is 1. The lowest BCUT2D eigenvalue weighted by atomic mass is 9.87. The smallest absolute Gasteiger partial charge is 0.226 e. The molecule has 3 heterocycles. The first-order chi connectivity index (χ1) is 11.2. The fourth-order valence-electron chi connectivity index (χ4n) is 3.47. The van der Waals surface area contributed by atoms with Crippen LogP contribution >= 0.6 is 12.4 Å². The summed E-state index contributed by atoms with van der Waals surface area (Å²) in [6.45, 7) is 5.48. The molecule has 2 aromatic rings. The van der Waals surface area contributed by atoms with Gasteiger partial charge in [-0.25, -0.2) is 4.68 Å². The number of hydrogen-bond donors (Lipinski definition) is 1. The number of nitrogens with zero attached hydrogens (tertiary/aromatic N) is 3. The Hall–Kier alpha value is -1.85. The van der Waals surface area contributed by atoms with Gasteiger partial charge >= 0.3 is 0 Å². The minimum Gasteiger partial charge on any atom is -0.338 e. The molecule has 0 aliphatic carbocycles. The standard InChI is InChI=1S/C18H22N4O.ClH/c1-13(14-9-19-10-14)18(23)21-8-7-17-15(12-21)11-20-22(17)16-5-3-2-4-6-16;/h2-6,11,13-14,19H,7-10,12H2,1H3;1H. The van der Waals surface area contributed by atoms with Crippen molar-refractivity contribution in [2.75, 3.05) is 19.6 Å². The molecule has 128 valence electrons. The first kappa shape index (κ1) is 17.0. The van der Waals surface area contributed by atoms with Crippen LogP contribution in [0.25, 0.3) is 5.69 Å². The zero-order chi connectivity index (χ0) is 15.8. The van der Waals surface area contributed by atoms with Crippen LogP contribution in [-0.2, 0) is 17.8 Å². The van der Waals surface area contributed by atoms with E-state index < -0.39 is 0 Å². The van der Waals surface area contributed by atoms with Crippen LogP contribution in [0, 0.1) is 11.8 Å². The van der Waals surface area contributed by atoms with E-state index in [0.29, 0.717) is 12.5 Å². The Morgan fingerprint density at radius 1 is 1.29 bits per heavy atom. The normalized spacial score (nSPS) is 18.3. The number of fused-ring (bicyclic) bond motifs is 1. The lowest BCUT2D eigenvalue weighted by Crippen LogP contribution is -2.51. The molecule has 1 fully saturated rings. The van der Waals surface area contributed by atoms with E-state index in [2.05, 4.69) is 29.5 Å². The van der Waals surface area contributed by atoms with Crippen LogP contribution in [0.1, 0.15) is 18.2 Å². The van der Waals surface area contributed by atoms with Crippen molar-refractivity contribution in [2.45, 2.75) is 19.9 Å². The lowest BCUT2D eigenvalue weighted by molar-refractivity contribution is -0.138. The second kappa shape index (κ2) is 6.95. The highest BCUT2D eigenvalue weighted by atomic mass is 35.5. The third kappa shape index (κ3) is 2.94. The van der Waals surface area contributed by atoms with Crippen molar-refractivity contribution < 1.29 is 4.79 Å². The summed E-state index contributed by atoms with van der Waals surface area (Å²) in [4.78, 5) is 14.7. The summed E-state index contributed by atoms with van der Waals surface area (Å²) in [5.41, 5.74) is 3.49. The lowest BCUT2D eigenvalue weighted by Gasteiger charge is -2.36. The van der Waals surface area contributed by atoms with Crippen LogP contribution in [0.2, 0.25) is 0 Å². The molecule has 0 radical (unpaired) electrons. The first-order valence-electron chi connectivity index (χ1n) is 8.35. The van der Waals surface area contributed by atoms with E-state index >= 15 is 0 Å². The number of para-hydroxylation sites is 1. The van der Waals surface area contributed by atoms with Crippen LogP contribution in [0.3, 0.4) is 0 Å². The molecule has 5 nitrogen and oxygen atoms in total. The van der Waals surface area contributed by atoms with Crippen LogP contribution in [-0.4, -0.2) is 40.2 Å². The zero-order valence-corrected chi connectivity index (χ0v) is 14.6. The van der Waals surface area contributed by atoms with Gasteiger partial charge in [0.25, 0.3) is 0 Å². The Labute approximate surface area is 148 Å². The third-order valence-electron chi connectivity index (χ3n) is 5.16. The molecule has 0 saturated carbocycles. The summed E-state index contributed by atoms with van der Waals surface area (Å²) in [5.74, 6) is 0.896. The molecule has 2 aliphatic rings. The number of amides is 1. The van der Waals surface area contributed by atoms with Crippen molar-refractivity contribution in [2.24, 2.45) is 11.8 Å². The van der Waals surface area contributed by atoms with E-state index in [0.717, 1.165) is 31.7 Å². The van der Waals surface area contributed by atoms with Crippen LogP contribution < -0.4 is 5.32 Å². The Morgan fingerprint density at radius 3 is 2.71 bits per heavy atom. The Morgan fingerprint density at radius 2 is 2.04 bits per heavy atom. The quantitative estimate of drug-likeness (QED) is 0.925. The van der Waals surface area contributed by atoms with Crippen molar-refractivity contribution in [1.82, 2.24) is 20.0 Å². The van der Waals surface area contributed by atoms with E-state index in [-0.39, 0.29) is 24.2 Å². The largest absolute Gasteiger partial charge is 0.338 e. The molecule has 0 spiro atoms. The number of rotatable bonds is 3. The summed E-state index contributed by atoms with van der Waals surface area (Å²) >= 11 is 0. The molecule has 1 aromatic carbocycles. The highest BCUT2D eigenvalue weighted by molar-refractivity contribution is 5.85. The minimum absolute atomic E-state index is 0. The fraction of sp³-hybridized carbons (Fsp3) is 0.444. The van der Waals surface area contributed by atoms with Gasteiger partial charge in [0.2, 0.25) is 5.91 Å². The average molecular weight is 347 g/mol. The van der Waals surface area contributed by atoms with Crippen molar-refractivity contribution in [3.8, 4) is 5.69 Å². The molecule has 2 aliphatic heterocycles. The summed E-state index contributed by atoms with van der Waals surface area (Å²) in [5, 5.41) is 7.79. The van der Waals surface area contributed by atoms with E-state index in [1.54, 1.807) is 0 Å². The third-order valence-corrected chi connectivity index (χ3v) is 5.16. The van der Waals surface area contributed by atoms with Gasteiger partial charge in [-0.2, -0.15) is 5.10 Å². The molecule has 0 bridgehead atoms. The molecule has 1 amide bonds. The monoisotopic (exact) mass is 346 g/mol. The second-order valence-corrected chi connectivity index (χ2v) is 6.58. The molecule has 4 rings (SSSR count). The number of aromatic nitrogens is 2. The van der Waals surface area contributed by atoms with E-state index in [1.165, 1.54) is 11.3 Å². The Bertz CT molecular complexity index is 711. The van der Waals surface area contributed by atoms with E-state index in [9.17, 15) is 4.79 Å². The topological polar surface area (TPSA) is 50.2 Å². The number of carbonyl (C=O) groups is 1. The molecule has 1 saturated heterocycles. The Balaban J connectivity index is 0.00000169. The summed E-state index contributed by atoms with van der Waals surface area (Å²) in [6, 6.07) is 10.2. The van der Waals surface area contributed by atoms with Crippen LogP contribution in [0.5, 0.6) is 0 Å². The number of halogens is 1. The maximum Gasteiger partial charge on any atom is 0.226 e. The highest BCUT2D eigenvalue weighted by Crippen LogP contribution is 2.25. The van der Waals surface area contributed by atoms with Gasteiger partial charge in [0.15, 0.2) is 0 Å². The van der Waals surface area contributed by atoms with Gasteiger partial charge in [-0.1, -0.05) is 25.1 Å². The molecule has 24 heavy (non-hydrogen) atoms. The molecule has 1 N–H and O–H groups in total.